The molecule has 2 amide bonds. The van der Waals surface area contributed by atoms with Gasteiger partial charge in [0.1, 0.15) is 0 Å². The predicted molar refractivity (Wildman–Crippen MR) is 105 cm³/mol. The maximum Gasteiger partial charge on any atom is 0.320 e. The Kier molecular flexibility index (Phi) is 7.12. The van der Waals surface area contributed by atoms with Crippen molar-refractivity contribution in [3.8, 4) is 0 Å². The molecule has 0 saturated heterocycles. The van der Waals surface area contributed by atoms with E-state index < -0.39 is 16.1 Å². The number of rotatable bonds is 7. The quantitative estimate of drug-likeness (QED) is 0.658. The molecule has 0 aliphatic heterocycles. The second kappa shape index (κ2) is 9.54. The molecule has 2 aliphatic rings. The van der Waals surface area contributed by atoms with Gasteiger partial charge in [-0.3, -0.25) is 10.00 Å². The summed E-state index contributed by atoms with van der Waals surface area (Å²) < 4.78 is 28.9. The molecule has 0 aromatic carbocycles. The molecule has 1 aromatic heterocycles. The summed E-state index contributed by atoms with van der Waals surface area (Å²) in [5, 5.41) is 9.69. The molecule has 2 saturated carbocycles. The Morgan fingerprint density at radius 3 is 2.44 bits per heavy atom. The first kappa shape index (κ1) is 20.1. The van der Waals surface area contributed by atoms with Gasteiger partial charge in [-0.1, -0.05) is 38.5 Å². The topological polar surface area (TPSA) is 105 Å². The lowest BCUT2D eigenvalue weighted by atomic mass is 9.96. The maximum absolute atomic E-state index is 12.1. The van der Waals surface area contributed by atoms with Gasteiger partial charge in [-0.15, -0.1) is 0 Å². The largest absolute Gasteiger partial charge is 0.337 e. The van der Waals surface area contributed by atoms with E-state index in [1.807, 2.05) is 10.9 Å². The molecule has 0 bridgehead atoms. The highest BCUT2D eigenvalue weighted by atomic mass is 32.2. The second-order valence-electron chi connectivity index (χ2n) is 7.63. The van der Waals surface area contributed by atoms with Gasteiger partial charge in [-0.05, 0) is 25.7 Å². The Labute approximate surface area is 161 Å². The highest BCUT2D eigenvalue weighted by molar-refractivity contribution is 7.89. The van der Waals surface area contributed by atoms with Crippen molar-refractivity contribution in [2.75, 3.05) is 17.6 Å². The molecule has 9 heteroatoms. The van der Waals surface area contributed by atoms with E-state index in [-0.39, 0.29) is 18.3 Å². The van der Waals surface area contributed by atoms with E-state index in [2.05, 4.69) is 20.5 Å². The first-order valence-electron chi connectivity index (χ1n) is 10.1. The fourth-order valence-electron chi connectivity index (χ4n) is 3.95. The van der Waals surface area contributed by atoms with Crippen molar-refractivity contribution in [2.24, 2.45) is 0 Å². The minimum absolute atomic E-state index is 0.0429. The fourth-order valence-corrected chi connectivity index (χ4v) is 5.18. The number of urea groups is 1. The third-order valence-electron chi connectivity index (χ3n) is 5.41. The SMILES string of the molecule is O=C(NCCS(=O)(=O)NC1CCCCC1)Nc1ccn(C2CCCCC2)n1. The van der Waals surface area contributed by atoms with Crippen LogP contribution in [0.2, 0.25) is 0 Å². The van der Waals surface area contributed by atoms with Crippen LogP contribution in [-0.2, 0) is 10.0 Å². The van der Waals surface area contributed by atoms with Crippen molar-refractivity contribution >= 4 is 21.9 Å². The lowest BCUT2D eigenvalue weighted by Gasteiger charge is -2.22. The number of sulfonamides is 1. The number of hydrogen-bond acceptors (Lipinski definition) is 4. The van der Waals surface area contributed by atoms with E-state index in [4.69, 9.17) is 0 Å². The second-order valence-corrected chi connectivity index (χ2v) is 9.50. The molecule has 0 radical (unpaired) electrons. The smallest absolute Gasteiger partial charge is 0.320 e. The molecule has 1 aromatic rings. The number of nitrogens with zero attached hydrogens (tertiary/aromatic N) is 2. The van der Waals surface area contributed by atoms with Crippen LogP contribution in [-0.4, -0.2) is 42.6 Å². The summed E-state index contributed by atoms with van der Waals surface area (Å²) in [6.07, 6.45) is 13.0. The van der Waals surface area contributed by atoms with Crippen LogP contribution in [0.25, 0.3) is 0 Å². The van der Waals surface area contributed by atoms with Crippen LogP contribution in [0.3, 0.4) is 0 Å². The Bertz CT molecular complexity index is 706. The third-order valence-corrected chi connectivity index (χ3v) is 6.84. The van der Waals surface area contributed by atoms with Crippen LogP contribution in [0, 0.1) is 0 Å². The molecular formula is C18H31N5O3S. The Balaban J connectivity index is 1.38. The minimum Gasteiger partial charge on any atom is -0.337 e. The van der Waals surface area contributed by atoms with Gasteiger partial charge in [0.05, 0.1) is 11.8 Å². The Morgan fingerprint density at radius 2 is 1.74 bits per heavy atom. The van der Waals surface area contributed by atoms with E-state index in [9.17, 15) is 13.2 Å². The summed E-state index contributed by atoms with van der Waals surface area (Å²) in [5.41, 5.74) is 0. The minimum atomic E-state index is -3.37. The van der Waals surface area contributed by atoms with Gasteiger partial charge in [-0.2, -0.15) is 5.10 Å². The van der Waals surface area contributed by atoms with E-state index >= 15 is 0 Å². The van der Waals surface area contributed by atoms with Crippen LogP contribution in [0.15, 0.2) is 12.3 Å². The zero-order valence-corrected chi connectivity index (χ0v) is 16.6. The molecule has 1 heterocycles. The first-order chi connectivity index (χ1) is 13.0. The van der Waals surface area contributed by atoms with Crippen molar-refractivity contribution in [2.45, 2.75) is 76.3 Å². The standard InChI is InChI=1S/C18H31N5O3S/c24-18(19-12-14-27(25,26)22-15-7-3-1-4-8-15)20-17-11-13-23(21-17)16-9-5-2-6-10-16/h11,13,15-16,22H,1-10,12,14H2,(H2,19,20,21,24). The van der Waals surface area contributed by atoms with Crippen LogP contribution < -0.4 is 15.4 Å². The van der Waals surface area contributed by atoms with Crippen LogP contribution >= 0.6 is 0 Å². The van der Waals surface area contributed by atoms with E-state index in [1.54, 1.807) is 6.07 Å². The van der Waals surface area contributed by atoms with Crippen LogP contribution in [0.5, 0.6) is 0 Å². The average molecular weight is 398 g/mol. The van der Waals surface area contributed by atoms with Crippen molar-refractivity contribution in [3.05, 3.63) is 12.3 Å². The van der Waals surface area contributed by atoms with Gasteiger partial charge in [0.15, 0.2) is 5.82 Å². The first-order valence-corrected chi connectivity index (χ1v) is 11.8. The van der Waals surface area contributed by atoms with Gasteiger partial charge in [0, 0.05) is 24.8 Å². The van der Waals surface area contributed by atoms with Gasteiger partial charge in [0.2, 0.25) is 10.0 Å². The number of nitrogens with one attached hydrogen (secondary N) is 3. The predicted octanol–water partition coefficient (Wildman–Crippen LogP) is 2.76. The summed E-state index contributed by atoms with van der Waals surface area (Å²) in [6, 6.07) is 1.79. The summed E-state index contributed by atoms with van der Waals surface area (Å²) in [6.45, 7) is 0.0667. The van der Waals surface area contributed by atoms with Gasteiger partial charge in [-0.25, -0.2) is 17.9 Å². The van der Waals surface area contributed by atoms with Gasteiger partial charge >= 0.3 is 6.03 Å². The van der Waals surface area contributed by atoms with E-state index in [0.29, 0.717) is 11.9 Å². The summed E-state index contributed by atoms with van der Waals surface area (Å²) in [5.74, 6) is 0.370. The zero-order valence-electron chi connectivity index (χ0n) is 15.8. The molecule has 3 N–H and O–H groups in total. The zero-order chi connectivity index (χ0) is 19.1. The van der Waals surface area contributed by atoms with E-state index in [0.717, 1.165) is 38.5 Å². The average Bonchev–Trinajstić information content (AvgIpc) is 3.11. The lowest BCUT2D eigenvalue weighted by molar-refractivity contribution is 0.252. The lowest BCUT2D eigenvalue weighted by Crippen LogP contribution is -2.41. The Hall–Kier alpha value is -1.61. The third kappa shape index (κ3) is 6.49. The number of anilines is 1. The molecule has 2 fully saturated rings. The molecular weight excluding hydrogens is 366 g/mol. The maximum atomic E-state index is 12.1. The Morgan fingerprint density at radius 1 is 1.07 bits per heavy atom. The summed E-state index contributed by atoms with van der Waals surface area (Å²) in [7, 11) is -3.37. The highest BCUT2D eigenvalue weighted by Gasteiger charge is 2.20. The number of carbonyl (C=O) groups excluding carboxylic acids is 1. The van der Waals surface area contributed by atoms with Crippen molar-refractivity contribution in [1.82, 2.24) is 19.8 Å². The highest BCUT2D eigenvalue weighted by Crippen LogP contribution is 2.27. The number of amides is 2. The molecule has 0 atom stereocenters. The number of carbonyl (C=O) groups is 1. The number of aromatic nitrogens is 2. The summed E-state index contributed by atoms with van der Waals surface area (Å²) >= 11 is 0. The van der Waals surface area contributed by atoms with Crippen LogP contribution in [0.1, 0.15) is 70.3 Å². The van der Waals surface area contributed by atoms with Crippen molar-refractivity contribution < 1.29 is 13.2 Å². The monoisotopic (exact) mass is 397 g/mol. The molecule has 0 spiro atoms. The summed E-state index contributed by atoms with van der Waals surface area (Å²) in [4.78, 5) is 12.0. The van der Waals surface area contributed by atoms with Gasteiger partial charge in [0.25, 0.3) is 0 Å². The molecule has 3 rings (SSSR count). The molecule has 152 valence electrons. The molecule has 8 nitrogen and oxygen atoms in total. The van der Waals surface area contributed by atoms with Crippen LogP contribution in [0.4, 0.5) is 10.6 Å². The number of hydrogen-bond donors (Lipinski definition) is 3. The molecule has 27 heavy (non-hydrogen) atoms. The molecule has 2 aliphatic carbocycles. The molecule has 0 unspecified atom stereocenters. The van der Waals surface area contributed by atoms with Gasteiger partial charge < -0.3 is 5.32 Å². The fraction of sp³-hybridized carbons (Fsp3) is 0.778. The van der Waals surface area contributed by atoms with Crippen molar-refractivity contribution in [3.63, 3.8) is 0 Å². The van der Waals surface area contributed by atoms with E-state index in [1.165, 1.54) is 25.7 Å². The normalized spacial score (nSPS) is 19.7. The van der Waals surface area contributed by atoms with Crippen molar-refractivity contribution in [1.29, 1.82) is 0 Å².